The number of carbonyl (C=O) groups is 3. The highest BCUT2D eigenvalue weighted by atomic mass is 32.1. The van der Waals surface area contributed by atoms with Crippen LogP contribution in [0.4, 0.5) is 0 Å². The number of carboxylic acids is 1. The van der Waals surface area contributed by atoms with Crippen molar-refractivity contribution in [2.24, 2.45) is 5.92 Å². The maximum absolute atomic E-state index is 13.6. The summed E-state index contributed by atoms with van der Waals surface area (Å²) in [4.78, 5) is 50.0. The molecule has 1 saturated carbocycles. The van der Waals surface area contributed by atoms with Crippen molar-refractivity contribution >= 4 is 40.0 Å². The average Bonchev–Trinajstić information content (AvgIpc) is 3.31. The van der Waals surface area contributed by atoms with Crippen LogP contribution < -0.4 is 14.8 Å². The summed E-state index contributed by atoms with van der Waals surface area (Å²) < 4.78 is 11.9. The Morgan fingerprint density at radius 1 is 1.17 bits per heavy atom. The van der Waals surface area contributed by atoms with Gasteiger partial charge in [-0.25, -0.2) is 14.8 Å². The van der Waals surface area contributed by atoms with Crippen molar-refractivity contribution in [3.8, 4) is 22.9 Å². The molecule has 1 aromatic carbocycles. The van der Waals surface area contributed by atoms with Crippen LogP contribution in [0.5, 0.6) is 11.5 Å². The Hall–Kier alpha value is -3.99. The highest BCUT2D eigenvalue weighted by Gasteiger charge is 2.61. The minimum atomic E-state index is -1.33. The Morgan fingerprint density at radius 2 is 2.02 bits per heavy atom. The monoisotopic (exact) mass is 590 g/mol. The molecule has 4 atom stereocenters. The molecule has 42 heavy (non-hydrogen) atoms. The zero-order valence-corrected chi connectivity index (χ0v) is 24.3. The van der Waals surface area contributed by atoms with Crippen molar-refractivity contribution in [2.45, 2.75) is 69.1 Å². The van der Waals surface area contributed by atoms with Gasteiger partial charge in [-0.3, -0.25) is 9.59 Å². The van der Waals surface area contributed by atoms with Crippen molar-refractivity contribution in [3.63, 3.8) is 0 Å². The van der Waals surface area contributed by atoms with Crippen LogP contribution in [0.3, 0.4) is 0 Å². The molecule has 2 N–H and O–H groups in total. The van der Waals surface area contributed by atoms with Crippen molar-refractivity contribution < 1.29 is 29.0 Å². The molecule has 3 aromatic rings. The fourth-order valence-electron chi connectivity index (χ4n) is 6.02. The second-order valence-electron chi connectivity index (χ2n) is 11.3. The molecule has 220 valence electrons. The highest BCUT2D eigenvalue weighted by Crippen LogP contribution is 2.45. The number of allylic oxidation sites excluding steroid dienone is 1. The average molecular weight is 591 g/mol. The van der Waals surface area contributed by atoms with Gasteiger partial charge < -0.3 is 24.8 Å². The van der Waals surface area contributed by atoms with Crippen LogP contribution in [0.1, 0.15) is 51.4 Å². The molecule has 2 aromatic heterocycles. The van der Waals surface area contributed by atoms with Crippen molar-refractivity contribution in [1.82, 2.24) is 20.2 Å². The van der Waals surface area contributed by atoms with Gasteiger partial charge in [0.25, 0.3) is 0 Å². The van der Waals surface area contributed by atoms with Crippen LogP contribution in [0.2, 0.25) is 0 Å². The molecule has 2 fully saturated rings. The Morgan fingerprint density at radius 3 is 2.81 bits per heavy atom. The summed E-state index contributed by atoms with van der Waals surface area (Å²) in [5.74, 6) is -0.641. The molecule has 0 bridgehead atoms. The SMILES string of the molecule is COc1ccc2c(O[C@@H]3C[C@H]4C(=O)N[C@]5(C(=O)O)C[C@H]5/C=C\CCCCCCC(=O)N4C3)cc(-c3cscn3)nc2c1. The summed E-state index contributed by atoms with van der Waals surface area (Å²) >= 11 is 1.47. The number of rotatable bonds is 5. The van der Waals surface area contributed by atoms with E-state index in [1.54, 1.807) is 17.5 Å². The van der Waals surface area contributed by atoms with E-state index in [2.05, 4.69) is 10.3 Å². The van der Waals surface area contributed by atoms with Gasteiger partial charge in [-0.05, 0) is 37.8 Å². The number of aromatic nitrogens is 2. The van der Waals surface area contributed by atoms with Gasteiger partial charge in [-0.1, -0.05) is 25.0 Å². The Bertz CT molecular complexity index is 1530. The second kappa shape index (κ2) is 11.7. The topological polar surface area (TPSA) is 131 Å². The summed E-state index contributed by atoms with van der Waals surface area (Å²) in [7, 11) is 1.60. The van der Waals surface area contributed by atoms with E-state index in [0.717, 1.165) is 43.2 Å². The molecule has 2 amide bonds. The van der Waals surface area contributed by atoms with Gasteiger partial charge in [-0.2, -0.15) is 0 Å². The molecule has 2 aliphatic heterocycles. The molecule has 1 saturated heterocycles. The molecule has 3 aliphatic rings. The number of nitrogens with zero attached hydrogens (tertiary/aromatic N) is 3. The number of carbonyl (C=O) groups excluding carboxylic acids is 2. The highest BCUT2D eigenvalue weighted by molar-refractivity contribution is 7.07. The van der Waals surface area contributed by atoms with Gasteiger partial charge in [0.1, 0.15) is 29.2 Å². The Kier molecular flexibility index (Phi) is 7.85. The number of hydrogen-bond donors (Lipinski definition) is 2. The smallest absolute Gasteiger partial charge is 0.330 e. The van der Waals surface area contributed by atoms with Gasteiger partial charge in [0, 0.05) is 41.7 Å². The summed E-state index contributed by atoms with van der Waals surface area (Å²) in [5, 5.41) is 15.5. The third-order valence-corrected chi connectivity index (χ3v) is 9.06. The minimum Gasteiger partial charge on any atom is -0.497 e. The van der Waals surface area contributed by atoms with E-state index >= 15 is 0 Å². The fraction of sp³-hybridized carbons (Fsp3) is 0.452. The standard InChI is InChI=1S/C31H34N4O6S/c1-40-20-10-11-22-23(12-20)33-24(25-17-42-18-32-25)14-27(22)41-21-13-26-29(37)34-31(30(38)39)15-19(31)8-6-4-2-3-5-7-9-28(36)35(26)16-21/h6,8,10-12,14,17-19,21,26H,2-5,7,9,13,15-16H2,1H3,(H,34,37)(H,38,39)/b8-6-/t19-,21-,26+,31-/m1/s1. The quantitative estimate of drug-likeness (QED) is 0.413. The van der Waals surface area contributed by atoms with Crippen molar-refractivity contribution in [3.05, 3.63) is 47.3 Å². The Balaban J connectivity index is 1.29. The lowest BCUT2D eigenvalue weighted by atomic mass is 10.1. The van der Waals surface area contributed by atoms with E-state index in [1.807, 2.05) is 41.8 Å². The number of carboxylic acid groups (broad SMARTS) is 1. The lowest BCUT2D eigenvalue weighted by molar-refractivity contribution is -0.145. The first-order chi connectivity index (χ1) is 20.4. The zero-order chi connectivity index (χ0) is 29.3. The van der Waals surface area contributed by atoms with Crippen LogP contribution in [0.25, 0.3) is 22.3 Å². The largest absolute Gasteiger partial charge is 0.497 e. The molecule has 6 rings (SSSR count). The van der Waals surface area contributed by atoms with E-state index in [-0.39, 0.29) is 24.8 Å². The predicted molar refractivity (Wildman–Crippen MR) is 157 cm³/mol. The normalized spacial score (nSPS) is 27.3. The molecular formula is C31H34N4O6S. The third kappa shape index (κ3) is 5.57. The van der Waals surface area contributed by atoms with Crippen LogP contribution in [0, 0.1) is 5.92 Å². The number of hydrogen-bond acceptors (Lipinski definition) is 8. The molecule has 0 radical (unpaired) electrons. The number of nitrogens with one attached hydrogen (secondary N) is 1. The Labute approximate surface area is 247 Å². The molecule has 0 spiro atoms. The maximum atomic E-state index is 13.6. The van der Waals surface area contributed by atoms with Gasteiger partial charge in [0.15, 0.2) is 0 Å². The van der Waals surface area contributed by atoms with E-state index in [9.17, 15) is 19.5 Å². The van der Waals surface area contributed by atoms with E-state index in [4.69, 9.17) is 14.5 Å². The summed E-state index contributed by atoms with van der Waals surface area (Å²) in [6.45, 7) is 0.229. The molecule has 11 heteroatoms. The lowest BCUT2D eigenvalue weighted by Crippen LogP contribution is -2.53. The number of thiazole rings is 1. The van der Waals surface area contributed by atoms with Gasteiger partial charge in [0.05, 0.1) is 36.1 Å². The summed E-state index contributed by atoms with van der Waals surface area (Å²) in [5.41, 5.74) is 2.45. The van der Waals surface area contributed by atoms with Crippen molar-refractivity contribution in [2.75, 3.05) is 13.7 Å². The van der Waals surface area contributed by atoms with Gasteiger partial charge in [-0.15, -0.1) is 11.3 Å². The van der Waals surface area contributed by atoms with E-state index in [0.29, 0.717) is 35.6 Å². The predicted octanol–water partition coefficient (Wildman–Crippen LogP) is 4.59. The number of methoxy groups -OCH3 is 1. The zero-order valence-electron chi connectivity index (χ0n) is 23.5. The number of fused-ring (bicyclic) bond motifs is 3. The van der Waals surface area contributed by atoms with Crippen LogP contribution in [0.15, 0.2) is 47.3 Å². The fourth-order valence-corrected chi connectivity index (χ4v) is 6.57. The first-order valence-corrected chi connectivity index (χ1v) is 15.4. The molecular weight excluding hydrogens is 556 g/mol. The number of amides is 2. The first-order valence-electron chi connectivity index (χ1n) is 14.4. The van der Waals surface area contributed by atoms with Crippen LogP contribution >= 0.6 is 11.3 Å². The molecule has 0 unspecified atom stereocenters. The maximum Gasteiger partial charge on any atom is 0.330 e. The molecule has 4 heterocycles. The number of benzene rings is 1. The molecule has 1 aliphatic carbocycles. The number of pyridine rings is 1. The van der Waals surface area contributed by atoms with E-state index in [1.165, 1.54) is 11.3 Å². The summed E-state index contributed by atoms with van der Waals surface area (Å²) in [6, 6.07) is 6.56. The first kappa shape index (κ1) is 28.1. The number of ether oxygens (including phenoxy) is 2. The number of aliphatic carboxylic acids is 1. The van der Waals surface area contributed by atoms with Crippen LogP contribution in [-0.4, -0.2) is 69.1 Å². The van der Waals surface area contributed by atoms with Gasteiger partial charge in [0.2, 0.25) is 11.8 Å². The van der Waals surface area contributed by atoms with Gasteiger partial charge >= 0.3 is 5.97 Å². The second-order valence-corrected chi connectivity index (χ2v) is 12.0. The third-order valence-electron chi connectivity index (χ3n) is 8.48. The lowest BCUT2D eigenvalue weighted by Gasteiger charge is -2.25. The van der Waals surface area contributed by atoms with Crippen molar-refractivity contribution in [1.29, 1.82) is 0 Å². The van der Waals surface area contributed by atoms with Crippen LogP contribution in [-0.2, 0) is 14.4 Å². The van der Waals surface area contributed by atoms with E-state index < -0.39 is 29.6 Å². The molecule has 10 nitrogen and oxygen atoms in total. The summed E-state index contributed by atoms with van der Waals surface area (Å²) in [6.07, 6.45) is 8.92. The minimum absolute atomic E-state index is 0.113.